The maximum absolute atomic E-state index is 12.0. The Balaban J connectivity index is 2.10. The molecule has 2 aromatic heterocycles. The Hall–Kier alpha value is -2.51. The highest BCUT2D eigenvalue weighted by atomic mass is 32.1. The number of hydrogen-bond donors (Lipinski definition) is 1. The molecule has 0 saturated carbocycles. The number of carbonyl (C=O) groups excluding carboxylic acids is 1. The molecule has 0 aliphatic carbocycles. The summed E-state index contributed by atoms with van der Waals surface area (Å²) in [5.41, 5.74) is 5.39. The van der Waals surface area contributed by atoms with Crippen molar-refractivity contribution in [3.63, 3.8) is 0 Å². The van der Waals surface area contributed by atoms with Gasteiger partial charge in [-0.2, -0.15) is 0 Å². The van der Waals surface area contributed by atoms with E-state index in [1.807, 2.05) is 18.2 Å². The van der Waals surface area contributed by atoms with Crippen molar-refractivity contribution in [2.75, 3.05) is 10.4 Å². The fraction of sp³-hybridized carbons (Fsp3) is 0.0714. The highest BCUT2D eigenvalue weighted by Crippen LogP contribution is 2.29. The van der Waals surface area contributed by atoms with Gasteiger partial charge in [-0.05, 0) is 24.3 Å². The van der Waals surface area contributed by atoms with Gasteiger partial charge in [0.15, 0.2) is 0 Å². The first-order chi connectivity index (χ1) is 10.2. The molecule has 0 aliphatic heterocycles. The van der Waals surface area contributed by atoms with Gasteiger partial charge in [0, 0.05) is 24.9 Å². The second-order valence-electron chi connectivity index (χ2n) is 4.36. The molecule has 0 aliphatic rings. The number of fused-ring (bicyclic) bond motifs is 1. The number of thiazole rings is 1. The first-order valence-corrected chi connectivity index (χ1v) is 7.05. The Bertz CT molecular complexity index is 802. The van der Waals surface area contributed by atoms with E-state index < -0.39 is 0 Å². The summed E-state index contributed by atoms with van der Waals surface area (Å²) in [5, 5.41) is 10.8. The van der Waals surface area contributed by atoms with Gasteiger partial charge in [-0.15, -0.1) is 11.3 Å². The van der Waals surface area contributed by atoms with E-state index in [-0.39, 0.29) is 5.91 Å². The Morgan fingerprint density at radius 3 is 2.90 bits per heavy atom. The molecule has 0 fully saturated rings. The van der Waals surface area contributed by atoms with Crippen LogP contribution in [-0.4, -0.2) is 15.9 Å². The van der Waals surface area contributed by atoms with E-state index in [1.165, 1.54) is 35.4 Å². The van der Waals surface area contributed by atoms with Crippen LogP contribution in [0.2, 0.25) is 0 Å². The summed E-state index contributed by atoms with van der Waals surface area (Å²) in [6, 6.07) is 8.64. The van der Waals surface area contributed by atoms with Gasteiger partial charge in [0.05, 0.1) is 21.4 Å². The minimum Gasteiger partial charge on any atom is -0.761 e. The van der Waals surface area contributed by atoms with Gasteiger partial charge in [-0.1, -0.05) is 0 Å². The number of amides is 1. The van der Waals surface area contributed by atoms with Gasteiger partial charge in [-0.3, -0.25) is 9.69 Å². The summed E-state index contributed by atoms with van der Waals surface area (Å²) in [5.74, 6) is 0.193. The SMILES string of the molecule is CC(=O)N(c1ccc2scnc2c1)c1cc(N[O-])ccn1. The normalized spacial score (nSPS) is 10.6. The number of anilines is 3. The fourth-order valence-electron chi connectivity index (χ4n) is 2.06. The molecule has 0 atom stereocenters. The zero-order valence-corrected chi connectivity index (χ0v) is 11.9. The van der Waals surface area contributed by atoms with Crippen molar-refractivity contribution in [2.24, 2.45) is 0 Å². The lowest BCUT2D eigenvalue weighted by Gasteiger charge is -2.21. The van der Waals surface area contributed by atoms with Crippen LogP contribution in [0.1, 0.15) is 6.92 Å². The van der Waals surface area contributed by atoms with Crippen molar-refractivity contribution in [3.05, 3.63) is 47.2 Å². The summed E-state index contributed by atoms with van der Waals surface area (Å²) in [4.78, 5) is 21.8. The molecule has 1 N–H and O–H groups in total. The molecule has 6 nitrogen and oxygen atoms in total. The molecule has 1 aromatic carbocycles. The van der Waals surface area contributed by atoms with Crippen LogP contribution >= 0.6 is 11.3 Å². The average molecular weight is 299 g/mol. The monoisotopic (exact) mass is 299 g/mol. The van der Waals surface area contributed by atoms with Crippen LogP contribution in [0.4, 0.5) is 17.2 Å². The van der Waals surface area contributed by atoms with E-state index in [2.05, 4.69) is 9.97 Å². The maximum Gasteiger partial charge on any atom is 0.229 e. The van der Waals surface area contributed by atoms with Gasteiger partial charge >= 0.3 is 0 Å². The maximum atomic E-state index is 12.0. The van der Waals surface area contributed by atoms with Gasteiger partial charge in [0.1, 0.15) is 5.82 Å². The molecule has 0 bridgehead atoms. The quantitative estimate of drug-likeness (QED) is 0.750. The second-order valence-corrected chi connectivity index (χ2v) is 5.25. The molecule has 0 spiro atoms. The highest BCUT2D eigenvalue weighted by Gasteiger charge is 2.16. The summed E-state index contributed by atoms with van der Waals surface area (Å²) in [6.07, 6.45) is 1.48. The van der Waals surface area contributed by atoms with Crippen LogP contribution in [0.25, 0.3) is 10.2 Å². The highest BCUT2D eigenvalue weighted by molar-refractivity contribution is 7.16. The molecule has 0 unspecified atom stereocenters. The third kappa shape index (κ3) is 2.56. The van der Waals surface area contributed by atoms with E-state index in [1.54, 1.807) is 17.1 Å². The number of pyridine rings is 1. The molecule has 0 saturated heterocycles. The fourth-order valence-corrected chi connectivity index (χ4v) is 2.72. The van der Waals surface area contributed by atoms with Crippen molar-refractivity contribution >= 4 is 44.7 Å². The Morgan fingerprint density at radius 2 is 2.14 bits per heavy atom. The van der Waals surface area contributed by atoms with Crippen molar-refractivity contribution in [1.82, 2.24) is 9.97 Å². The summed E-state index contributed by atoms with van der Waals surface area (Å²) in [7, 11) is 0. The minimum absolute atomic E-state index is 0.194. The molecule has 21 heavy (non-hydrogen) atoms. The summed E-state index contributed by atoms with van der Waals surface area (Å²) >= 11 is 1.54. The van der Waals surface area contributed by atoms with Crippen molar-refractivity contribution in [1.29, 1.82) is 0 Å². The van der Waals surface area contributed by atoms with E-state index in [0.717, 1.165) is 10.2 Å². The zero-order chi connectivity index (χ0) is 14.8. The molecule has 0 radical (unpaired) electrons. The lowest BCUT2D eigenvalue weighted by molar-refractivity contribution is -0.115. The Morgan fingerprint density at radius 1 is 1.29 bits per heavy atom. The van der Waals surface area contributed by atoms with E-state index in [4.69, 9.17) is 0 Å². The predicted octanol–water partition coefficient (Wildman–Crippen LogP) is 3.29. The third-order valence-electron chi connectivity index (χ3n) is 2.98. The zero-order valence-electron chi connectivity index (χ0n) is 11.1. The van der Waals surface area contributed by atoms with Crippen LogP contribution < -0.4 is 10.4 Å². The molecular weight excluding hydrogens is 288 g/mol. The van der Waals surface area contributed by atoms with Crippen LogP contribution in [0.15, 0.2) is 42.0 Å². The number of benzene rings is 1. The van der Waals surface area contributed by atoms with Crippen LogP contribution in [0, 0.1) is 5.21 Å². The van der Waals surface area contributed by atoms with E-state index in [9.17, 15) is 10.0 Å². The van der Waals surface area contributed by atoms with Crippen molar-refractivity contribution < 1.29 is 4.79 Å². The lowest BCUT2D eigenvalue weighted by atomic mass is 10.2. The lowest BCUT2D eigenvalue weighted by Crippen LogP contribution is -2.23. The third-order valence-corrected chi connectivity index (χ3v) is 3.79. The first-order valence-electron chi connectivity index (χ1n) is 6.17. The number of nitrogens with zero attached hydrogens (tertiary/aromatic N) is 3. The Kier molecular flexibility index (Phi) is 3.51. The van der Waals surface area contributed by atoms with Gasteiger partial charge in [-0.25, -0.2) is 9.97 Å². The molecule has 1 amide bonds. The largest absolute Gasteiger partial charge is 0.761 e. The Labute approximate surface area is 124 Å². The van der Waals surface area contributed by atoms with Crippen LogP contribution in [0.3, 0.4) is 0 Å². The number of rotatable bonds is 3. The average Bonchev–Trinajstić information content (AvgIpc) is 2.95. The second kappa shape index (κ2) is 5.47. The van der Waals surface area contributed by atoms with E-state index in [0.29, 0.717) is 17.2 Å². The number of nitrogens with one attached hydrogen (secondary N) is 1. The molecule has 7 heteroatoms. The van der Waals surface area contributed by atoms with Crippen molar-refractivity contribution in [2.45, 2.75) is 6.92 Å². The molecular formula is C14H11N4O2S-. The molecule has 3 rings (SSSR count). The minimum atomic E-state index is -0.194. The molecule has 3 aromatic rings. The predicted molar refractivity (Wildman–Crippen MR) is 83.7 cm³/mol. The smallest absolute Gasteiger partial charge is 0.229 e. The number of hydrogen-bond acceptors (Lipinski definition) is 6. The first kappa shape index (κ1) is 13.5. The van der Waals surface area contributed by atoms with Gasteiger partial charge in [0.2, 0.25) is 5.91 Å². The molecule has 2 heterocycles. The number of carbonyl (C=O) groups is 1. The standard InChI is InChI=1S/C14H11N4O2S/c1-9(19)18(14-6-10(17-20)4-5-15-14)11-2-3-13-12(7-11)16-8-21-13/h2-8H,1H3,(H-,15,17,20)/q-1. The van der Waals surface area contributed by atoms with E-state index >= 15 is 0 Å². The summed E-state index contributed by atoms with van der Waals surface area (Å²) < 4.78 is 1.05. The van der Waals surface area contributed by atoms with Gasteiger partial charge in [0.25, 0.3) is 0 Å². The molecule has 106 valence electrons. The van der Waals surface area contributed by atoms with Gasteiger partial charge < -0.3 is 10.7 Å². The van der Waals surface area contributed by atoms with Crippen LogP contribution in [-0.2, 0) is 4.79 Å². The number of aromatic nitrogens is 2. The van der Waals surface area contributed by atoms with Crippen molar-refractivity contribution in [3.8, 4) is 0 Å². The topological polar surface area (TPSA) is 81.2 Å². The summed E-state index contributed by atoms with van der Waals surface area (Å²) in [6.45, 7) is 1.45. The van der Waals surface area contributed by atoms with Crippen LogP contribution in [0.5, 0.6) is 0 Å².